The lowest BCUT2D eigenvalue weighted by atomic mass is 10.0. The summed E-state index contributed by atoms with van der Waals surface area (Å²) in [4.78, 5) is 73.6. The monoisotopic (exact) mass is 1510 g/mol. The first-order chi connectivity index (χ1) is 50.5. The highest BCUT2D eigenvalue weighted by atomic mass is 31.2. The van der Waals surface area contributed by atoms with E-state index in [9.17, 15) is 43.2 Å². The standard InChI is InChI=1S/C85H158O17P2/c1-5-9-13-17-25-37-49-71-61-75(71)53-41-29-21-33-45-57-82(87)95-67-80(101-84(89)59-47-35-23-31-43-55-77-63-73(77)51-39-27-19-15-11-7-3)69-99-103(91,92)97-65-79(86)66-98-104(93,94)100-70-81(102-85(90)60-48-36-24-32-44-56-78-64-74(78)52-40-28-20-16-12-8-4)68-96-83(88)58-46-34-22-30-42-54-76-62-72(76)50-38-26-18-14-10-6-2/h71-81,86H,5-70H2,1-4H3,(H,91,92)(H,93,94)/t71-,72-,73-,74-,75+,76+,77+,78+,80+,81+/m0/s1. The second-order valence-electron chi connectivity index (χ2n) is 32.8. The van der Waals surface area contributed by atoms with E-state index in [1.54, 1.807) is 0 Å². The number of phosphoric ester groups is 2. The van der Waals surface area contributed by atoms with Crippen LogP contribution in [0.1, 0.15) is 413 Å². The Labute approximate surface area is 634 Å². The normalized spacial score (nSPS) is 21.6. The number of carbonyl (C=O) groups is 4. The van der Waals surface area contributed by atoms with Gasteiger partial charge in [-0.3, -0.25) is 37.3 Å². The number of phosphoric acid groups is 2. The van der Waals surface area contributed by atoms with Crippen LogP contribution in [0.3, 0.4) is 0 Å². The van der Waals surface area contributed by atoms with Crippen LogP contribution >= 0.6 is 15.6 Å². The van der Waals surface area contributed by atoms with Gasteiger partial charge in [0.2, 0.25) is 0 Å². The van der Waals surface area contributed by atoms with Gasteiger partial charge in [-0.25, -0.2) is 9.13 Å². The Morgan fingerprint density at radius 2 is 0.471 bits per heavy atom. The molecule has 0 aromatic heterocycles. The summed E-state index contributed by atoms with van der Waals surface area (Å²) in [5.41, 5.74) is 0. The Morgan fingerprint density at radius 3 is 0.702 bits per heavy atom. The van der Waals surface area contributed by atoms with Crippen LogP contribution in [0.2, 0.25) is 0 Å². The number of carbonyl (C=O) groups excluding carboxylic acids is 4. The summed E-state index contributed by atoms with van der Waals surface area (Å²) in [6.07, 6.45) is 64.2. The molecule has 0 amide bonds. The van der Waals surface area contributed by atoms with Crippen LogP contribution in [0.15, 0.2) is 0 Å². The molecule has 3 N–H and O–H groups in total. The molecule has 0 aliphatic heterocycles. The predicted molar refractivity (Wildman–Crippen MR) is 419 cm³/mol. The highest BCUT2D eigenvalue weighted by Gasteiger charge is 2.38. The van der Waals surface area contributed by atoms with E-state index >= 15 is 0 Å². The zero-order valence-electron chi connectivity index (χ0n) is 67.0. The maximum atomic E-state index is 13.2. The minimum absolute atomic E-state index is 0.116. The van der Waals surface area contributed by atoms with Crippen LogP contribution < -0.4 is 0 Å². The molecule has 0 spiro atoms. The largest absolute Gasteiger partial charge is 0.472 e. The molecule has 4 aliphatic rings. The SMILES string of the molecule is CCCCCCCC[C@H]1C[C@H]1CCCCCCCC(=O)OC[C@H](COP(=O)(O)OCC(O)COP(=O)(O)OC[C@@H](COC(=O)CCCCCCC[C@@H]1C[C@@H]1CCCCCCCC)OC(=O)CCCCCCC[C@@H]1C[C@@H]1CCCCCCCC)OC(=O)CCCCCCC[C@@H]1C[C@@H]1CCCCCCCC. The van der Waals surface area contributed by atoms with Crippen LogP contribution in [-0.4, -0.2) is 96.7 Å². The van der Waals surface area contributed by atoms with Gasteiger partial charge in [-0.15, -0.1) is 0 Å². The molecule has 0 aromatic rings. The molecule has 0 saturated heterocycles. The average molecular weight is 1510 g/mol. The molecule has 0 bridgehead atoms. The van der Waals surface area contributed by atoms with Gasteiger partial charge >= 0.3 is 39.5 Å². The smallest absolute Gasteiger partial charge is 0.462 e. The predicted octanol–water partition coefficient (Wildman–Crippen LogP) is 24.0. The van der Waals surface area contributed by atoms with Crippen molar-refractivity contribution in [2.45, 2.75) is 431 Å². The van der Waals surface area contributed by atoms with Crippen molar-refractivity contribution >= 4 is 39.5 Å². The van der Waals surface area contributed by atoms with Gasteiger partial charge in [-0.2, -0.15) is 0 Å². The lowest BCUT2D eigenvalue weighted by Crippen LogP contribution is -2.30. The van der Waals surface area contributed by atoms with Crippen molar-refractivity contribution in [2.24, 2.45) is 47.3 Å². The van der Waals surface area contributed by atoms with Crippen LogP contribution in [0.25, 0.3) is 0 Å². The lowest BCUT2D eigenvalue weighted by molar-refractivity contribution is -0.161. The van der Waals surface area contributed by atoms with Crippen LogP contribution in [0.5, 0.6) is 0 Å². The zero-order chi connectivity index (χ0) is 75.0. The van der Waals surface area contributed by atoms with E-state index < -0.39 is 97.5 Å². The van der Waals surface area contributed by atoms with Crippen molar-refractivity contribution in [1.29, 1.82) is 0 Å². The number of unbranched alkanes of at least 4 members (excludes halogenated alkanes) is 36. The Balaban J connectivity index is 1.16. The first-order valence-electron chi connectivity index (χ1n) is 44.1. The number of rotatable bonds is 78. The van der Waals surface area contributed by atoms with E-state index in [0.29, 0.717) is 25.7 Å². The molecule has 2 unspecified atom stereocenters. The fourth-order valence-corrected chi connectivity index (χ4v) is 17.3. The lowest BCUT2D eigenvalue weighted by Gasteiger charge is -2.21. The van der Waals surface area contributed by atoms with Crippen molar-refractivity contribution in [1.82, 2.24) is 0 Å². The zero-order valence-corrected chi connectivity index (χ0v) is 68.8. The van der Waals surface area contributed by atoms with Gasteiger partial charge in [-0.1, -0.05) is 336 Å². The van der Waals surface area contributed by atoms with Crippen LogP contribution in [0, 0.1) is 47.3 Å². The maximum absolute atomic E-state index is 13.2. The summed E-state index contributed by atoms with van der Waals surface area (Å²) in [6.45, 7) is 5.12. The molecule has 610 valence electrons. The van der Waals surface area contributed by atoms with Gasteiger partial charge < -0.3 is 33.8 Å². The number of aliphatic hydroxyl groups is 1. The van der Waals surface area contributed by atoms with Crippen molar-refractivity contribution in [2.75, 3.05) is 39.6 Å². The molecule has 0 heterocycles. The number of hydrogen-bond donors (Lipinski definition) is 3. The molecule has 4 saturated carbocycles. The Hall–Kier alpha value is -1.94. The Bertz CT molecular complexity index is 2090. The first kappa shape index (κ1) is 94.4. The first-order valence-corrected chi connectivity index (χ1v) is 47.1. The number of aliphatic hydroxyl groups excluding tert-OH is 1. The van der Waals surface area contributed by atoms with Gasteiger partial charge in [0.25, 0.3) is 0 Å². The number of ether oxygens (including phenoxy) is 4. The van der Waals surface area contributed by atoms with Crippen molar-refractivity contribution < 1.29 is 80.2 Å². The molecular weight excluding hydrogens is 1350 g/mol. The highest BCUT2D eigenvalue weighted by Crippen LogP contribution is 2.50. The number of esters is 4. The Kier molecular flexibility index (Phi) is 55.2. The van der Waals surface area contributed by atoms with E-state index in [2.05, 4.69) is 27.7 Å². The summed E-state index contributed by atoms with van der Waals surface area (Å²) in [7, 11) is -9.93. The van der Waals surface area contributed by atoms with Gasteiger partial charge in [0.05, 0.1) is 26.4 Å². The fourth-order valence-electron chi connectivity index (χ4n) is 15.7. The topological polar surface area (TPSA) is 237 Å². The minimum Gasteiger partial charge on any atom is -0.462 e. The van der Waals surface area contributed by atoms with Crippen LogP contribution in [-0.2, 0) is 65.4 Å². The summed E-state index contributed by atoms with van der Waals surface area (Å²) >= 11 is 0. The number of hydrogen-bond acceptors (Lipinski definition) is 15. The van der Waals surface area contributed by atoms with E-state index in [-0.39, 0.29) is 25.7 Å². The highest BCUT2D eigenvalue weighted by molar-refractivity contribution is 7.47. The van der Waals surface area contributed by atoms with E-state index in [0.717, 1.165) is 124 Å². The molecule has 4 rings (SSSR count). The van der Waals surface area contributed by atoms with E-state index in [1.165, 1.54) is 257 Å². The average Bonchev–Trinajstić information content (AvgIpc) is 1.48. The third kappa shape index (κ3) is 53.0. The van der Waals surface area contributed by atoms with Gasteiger partial charge in [0.1, 0.15) is 19.3 Å². The van der Waals surface area contributed by atoms with E-state index in [1.807, 2.05) is 0 Å². The summed E-state index contributed by atoms with van der Waals surface area (Å²) in [6, 6.07) is 0. The minimum atomic E-state index is -4.96. The maximum Gasteiger partial charge on any atom is 0.472 e. The molecule has 12 atom stereocenters. The third-order valence-electron chi connectivity index (χ3n) is 23.0. The van der Waals surface area contributed by atoms with Gasteiger partial charge in [0.15, 0.2) is 12.2 Å². The summed E-state index contributed by atoms with van der Waals surface area (Å²) < 4.78 is 69.2. The fraction of sp³-hybridized carbons (Fsp3) is 0.953. The van der Waals surface area contributed by atoms with E-state index in [4.69, 9.17) is 37.0 Å². The Morgan fingerprint density at radius 1 is 0.279 bits per heavy atom. The van der Waals surface area contributed by atoms with Crippen LogP contribution in [0.4, 0.5) is 0 Å². The second-order valence-corrected chi connectivity index (χ2v) is 35.7. The third-order valence-corrected chi connectivity index (χ3v) is 24.9. The summed E-state index contributed by atoms with van der Waals surface area (Å²) in [5.74, 6) is 5.11. The molecule has 4 fully saturated rings. The molecule has 19 heteroatoms. The van der Waals surface area contributed by atoms with Crippen molar-refractivity contribution in [3.63, 3.8) is 0 Å². The van der Waals surface area contributed by atoms with Gasteiger partial charge in [0, 0.05) is 25.7 Å². The molecule has 0 radical (unpaired) electrons. The molecular formula is C85H158O17P2. The molecule has 4 aliphatic carbocycles. The molecule has 17 nitrogen and oxygen atoms in total. The molecule has 0 aromatic carbocycles. The quantitative estimate of drug-likeness (QED) is 0.0222. The van der Waals surface area contributed by atoms with Crippen molar-refractivity contribution in [3.05, 3.63) is 0 Å². The second kappa shape index (κ2) is 60.7. The summed E-state index contributed by atoms with van der Waals surface area (Å²) in [5, 5.41) is 10.7. The van der Waals surface area contributed by atoms with Crippen molar-refractivity contribution in [3.8, 4) is 0 Å². The molecule has 104 heavy (non-hydrogen) atoms. The van der Waals surface area contributed by atoms with Gasteiger partial charge in [-0.05, 0) is 98.7 Å².